The minimum atomic E-state index is -0.430. The van der Waals surface area contributed by atoms with E-state index in [1.165, 1.54) is 4.68 Å². The van der Waals surface area contributed by atoms with Gasteiger partial charge in [0.2, 0.25) is 5.69 Å². The molecule has 0 saturated carbocycles. The molecule has 0 bridgehead atoms. The summed E-state index contributed by atoms with van der Waals surface area (Å²) in [4.78, 5) is 0. The molecule has 0 saturated heterocycles. The summed E-state index contributed by atoms with van der Waals surface area (Å²) in [5.41, 5.74) is 3.49. The van der Waals surface area contributed by atoms with E-state index in [-0.39, 0.29) is 0 Å². The molecule has 1 aromatic heterocycles. The van der Waals surface area contributed by atoms with E-state index in [1.54, 1.807) is 0 Å². The number of rotatable bonds is 6. The quantitative estimate of drug-likeness (QED) is 0.551. The molecule has 5 nitrogen and oxygen atoms in total. The van der Waals surface area contributed by atoms with Gasteiger partial charge < -0.3 is 14.9 Å². The number of nitrogens with zero attached hydrogens (tertiary/aromatic N) is 2. The number of hydrogen-bond donors (Lipinski definition) is 1. The smallest absolute Gasteiger partial charge is 0.253 e. The predicted molar refractivity (Wildman–Crippen MR) is 89.1 cm³/mol. The molecule has 24 heavy (non-hydrogen) atoms. The van der Waals surface area contributed by atoms with Gasteiger partial charge in [0.15, 0.2) is 5.95 Å². The van der Waals surface area contributed by atoms with E-state index >= 15 is 0 Å². The summed E-state index contributed by atoms with van der Waals surface area (Å²) >= 11 is 6.14. The van der Waals surface area contributed by atoms with Crippen molar-refractivity contribution in [3.05, 3.63) is 70.4 Å². The van der Waals surface area contributed by atoms with Gasteiger partial charge in [0.25, 0.3) is 5.69 Å². The maximum atomic E-state index is 11.9. The fourth-order valence-electron chi connectivity index (χ4n) is 2.43. The van der Waals surface area contributed by atoms with Gasteiger partial charge in [-0.1, -0.05) is 47.5 Å². The molecule has 6 heteroatoms. The van der Waals surface area contributed by atoms with E-state index in [4.69, 9.17) is 16.1 Å². The molecule has 2 aromatic carbocycles. The molecule has 0 unspecified atom stereocenters. The number of aromatic nitrogens is 2. The summed E-state index contributed by atoms with van der Waals surface area (Å²) in [5.74, 6) is -0.430. The monoisotopic (exact) mass is 343 g/mol. The third-order valence-corrected chi connectivity index (χ3v) is 4.17. The number of aryl methyl sites for hydroxylation is 1. The molecule has 1 N–H and O–H groups in total. The zero-order chi connectivity index (χ0) is 16.9. The van der Waals surface area contributed by atoms with Crippen molar-refractivity contribution in [3.8, 4) is 11.6 Å². The Labute approximate surface area is 145 Å². The van der Waals surface area contributed by atoms with Crippen LogP contribution in [0.25, 0.3) is 5.69 Å². The molecule has 3 aromatic rings. The Morgan fingerprint density at radius 2 is 1.92 bits per heavy atom. The molecule has 0 amide bonds. The fraction of sp³-hybridized carbons (Fsp3) is 0.222. The lowest BCUT2D eigenvalue weighted by Crippen LogP contribution is -2.39. The number of hydrogen-bond acceptors (Lipinski definition) is 4. The van der Waals surface area contributed by atoms with Crippen LogP contribution in [0.5, 0.6) is 5.95 Å². The van der Waals surface area contributed by atoms with Crippen LogP contribution in [0, 0.1) is 6.92 Å². The van der Waals surface area contributed by atoms with E-state index in [9.17, 15) is 5.11 Å². The molecule has 0 aliphatic heterocycles. The zero-order valence-electron chi connectivity index (χ0n) is 13.3. The SMILES string of the molecule is Cc1ccc(-[n+]2noc([O-])c2CNCCc2ccccc2Cl)cc1. The van der Waals surface area contributed by atoms with Crippen LogP contribution in [0.15, 0.2) is 53.1 Å². The van der Waals surface area contributed by atoms with Crippen LogP contribution in [0.3, 0.4) is 0 Å². The molecular formula is C18H18ClN3O2. The highest BCUT2D eigenvalue weighted by atomic mass is 35.5. The van der Waals surface area contributed by atoms with Gasteiger partial charge >= 0.3 is 0 Å². The highest BCUT2D eigenvalue weighted by Crippen LogP contribution is 2.15. The van der Waals surface area contributed by atoms with Crippen LogP contribution in [0.1, 0.15) is 16.8 Å². The van der Waals surface area contributed by atoms with Gasteiger partial charge in [-0.05, 0) is 36.2 Å². The van der Waals surface area contributed by atoms with Crippen molar-refractivity contribution >= 4 is 11.6 Å². The Hall–Kier alpha value is -2.37. The van der Waals surface area contributed by atoms with Crippen molar-refractivity contribution in [2.45, 2.75) is 19.9 Å². The van der Waals surface area contributed by atoms with Gasteiger partial charge in [-0.15, -0.1) is 0 Å². The maximum absolute atomic E-state index is 11.9. The van der Waals surface area contributed by atoms with Crippen LogP contribution in [0.4, 0.5) is 0 Å². The average molecular weight is 344 g/mol. The largest absolute Gasteiger partial charge is 0.539 e. The molecule has 0 spiro atoms. The fourth-order valence-corrected chi connectivity index (χ4v) is 2.66. The highest BCUT2D eigenvalue weighted by molar-refractivity contribution is 6.31. The van der Waals surface area contributed by atoms with Gasteiger partial charge in [-0.2, -0.15) is 0 Å². The summed E-state index contributed by atoms with van der Waals surface area (Å²) < 4.78 is 6.34. The first-order valence-electron chi connectivity index (χ1n) is 7.74. The Bertz CT molecular complexity index is 815. The van der Waals surface area contributed by atoms with Crippen LogP contribution >= 0.6 is 11.6 Å². The summed E-state index contributed by atoms with van der Waals surface area (Å²) in [6.45, 7) is 3.08. The van der Waals surface area contributed by atoms with Gasteiger partial charge in [0.1, 0.15) is 0 Å². The van der Waals surface area contributed by atoms with Crippen molar-refractivity contribution in [1.29, 1.82) is 0 Å². The standard InChI is InChI=1S/C18H18ClN3O2/c1-13-6-8-15(9-7-13)22-17(18(23)24-21-22)12-20-11-10-14-4-2-3-5-16(14)19/h2-9,20H,10-12H2,1H3. The molecule has 0 aliphatic rings. The van der Waals surface area contributed by atoms with Crippen molar-refractivity contribution < 1.29 is 14.3 Å². The van der Waals surface area contributed by atoms with Gasteiger partial charge in [0, 0.05) is 17.2 Å². The topological polar surface area (TPSA) is 65.0 Å². The second-order valence-electron chi connectivity index (χ2n) is 5.57. The number of nitrogens with one attached hydrogen (secondary N) is 1. The molecule has 0 fully saturated rings. The molecule has 3 rings (SSSR count). The second kappa shape index (κ2) is 7.47. The lowest BCUT2D eigenvalue weighted by Gasteiger charge is -2.05. The highest BCUT2D eigenvalue weighted by Gasteiger charge is 2.19. The summed E-state index contributed by atoms with van der Waals surface area (Å²) in [7, 11) is 0. The first-order valence-corrected chi connectivity index (χ1v) is 8.12. The van der Waals surface area contributed by atoms with Gasteiger partial charge in [0.05, 0.1) is 11.8 Å². The lowest BCUT2D eigenvalue weighted by atomic mass is 10.1. The van der Waals surface area contributed by atoms with Crippen molar-refractivity contribution in [2.24, 2.45) is 0 Å². The van der Waals surface area contributed by atoms with E-state index in [0.29, 0.717) is 18.8 Å². The molecule has 0 aliphatic carbocycles. The summed E-state index contributed by atoms with van der Waals surface area (Å²) in [6.07, 6.45) is 0.781. The maximum Gasteiger partial charge on any atom is 0.253 e. The number of benzene rings is 2. The first-order chi connectivity index (χ1) is 11.6. The van der Waals surface area contributed by atoms with Crippen LogP contribution < -0.4 is 15.1 Å². The van der Waals surface area contributed by atoms with Gasteiger partial charge in [-0.25, -0.2) is 0 Å². The van der Waals surface area contributed by atoms with E-state index in [0.717, 1.165) is 28.3 Å². The Balaban J connectivity index is 1.64. The zero-order valence-corrected chi connectivity index (χ0v) is 14.1. The van der Waals surface area contributed by atoms with Crippen LogP contribution in [-0.2, 0) is 13.0 Å². The van der Waals surface area contributed by atoms with Crippen molar-refractivity contribution in [1.82, 2.24) is 10.6 Å². The summed E-state index contributed by atoms with van der Waals surface area (Å²) in [6, 6.07) is 15.5. The molecular weight excluding hydrogens is 326 g/mol. The van der Waals surface area contributed by atoms with Gasteiger partial charge in [-0.3, -0.25) is 0 Å². The third kappa shape index (κ3) is 3.75. The van der Waals surface area contributed by atoms with Crippen molar-refractivity contribution in [3.63, 3.8) is 0 Å². The molecule has 124 valence electrons. The van der Waals surface area contributed by atoms with Crippen molar-refractivity contribution in [2.75, 3.05) is 6.54 Å². The predicted octanol–water partition coefficient (Wildman–Crippen LogP) is 2.32. The Morgan fingerprint density at radius 3 is 2.67 bits per heavy atom. The third-order valence-electron chi connectivity index (χ3n) is 3.80. The van der Waals surface area contributed by atoms with E-state index in [1.807, 2.05) is 55.5 Å². The number of halogens is 1. The Morgan fingerprint density at radius 1 is 1.17 bits per heavy atom. The molecule has 0 radical (unpaired) electrons. The van der Waals surface area contributed by atoms with Crippen LogP contribution in [0.2, 0.25) is 5.02 Å². The lowest BCUT2D eigenvalue weighted by molar-refractivity contribution is -0.677. The van der Waals surface area contributed by atoms with Crippen LogP contribution in [-0.4, -0.2) is 11.8 Å². The van der Waals surface area contributed by atoms with E-state index in [2.05, 4.69) is 10.6 Å². The first kappa shape index (κ1) is 16.5. The Kier molecular flexibility index (Phi) is 5.13. The minimum Gasteiger partial charge on any atom is -0.539 e. The minimum absolute atomic E-state index is 0.376. The average Bonchev–Trinajstić information content (AvgIpc) is 2.95. The molecule has 1 heterocycles. The van der Waals surface area contributed by atoms with E-state index < -0.39 is 5.95 Å². The summed E-state index contributed by atoms with van der Waals surface area (Å²) in [5, 5.41) is 19.7. The normalized spacial score (nSPS) is 10.9. The molecule has 0 atom stereocenters. The second-order valence-corrected chi connectivity index (χ2v) is 5.98.